The van der Waals surface area contributed by atoms with Gasteiger partial charge in [-0.15, -0.1) is 6.58 Å². The summed E-state index contributed by atoms with van der Waals surface area (Å²) in [6.07, 6.45) is 2.29. The van der Waals surface area contributed by atoms with Crippen LogP contribution in [0.1, 0.15) is 22.9 Å². The van der Waals surface area contributed by atoms with Crippen LogP contribution in [0.4, 0.5) is 0 Å². The van der Waals surface area contributed by atoms with Gasteiger partial charge in [0.1, 0.15) is 5.56 Å². The van der Waals surface area contributed by atoms with Crippen LogP contribution in [0.25, 0.3) is 10.9 Å². The SMILES string of the molecule is C=CCn1c(=O)[nH]c(O)c(C2NCCc3c2[nH]c2ccccc32)c1=O. The third-order valence-electron chi connectivity index (χ3n) is 4.66. The minimum atomic E-state index is -0.654. The van der Waals surface area contributed by atoms with E-state index in [1.165, 1.54) is 6.08 Å². The molecule has 0 saturated heterocycles. The highest BCUT2D eigenvalue weighted by Crippen LogP contribution is 2.34. The van der Waals surface area contributed by atoms with Gasteiger partial charge in [0.15, 0.2) is 0 Å². The van der Waals surface area contributed by atoms with Gasteiger partial charge in [0.25, 0.3) is 5.56 Å². The Hall–Kier alpha value is -3.06. The van der Waals surface area contributed by atoms with Gasteiger partial charge < -0.3 is 15.4 Å². The molecule has 1 aromatic carbocycles. The van der Waals surface area contributed by atoms with Gasteiger partial charge in [-0.2, -0.15) is 0 Å². The zero-order chi connectivity index (χ0) is 17.6. The van der Waals surface area contributed by atoms with Crippen molar-refractivity contribution in [1.29, 1.82) is 0 Å². The standard InChI is InChI=1S/C18H18N4O3/c1-2-9-22-17(24)13(16(23)21-18(22)25)15-14-11(7-8-19-15)10-5-3-4-6-12(10)20-14/h2-6,15,19-20,23H,1,7-9H2,(H,21,25). The van der Waals surface area contributed by atoms with E-state index in [1.807, 2.05) is 24.3 Å². The molecule has 0 aliphatic carbocycles. The first-order valence-corrected chi connectivity index (χ1v) is 8.11. The third kappa shape index (κ3) is 2.32. The molecule has 1 aliphatic heterocycles. The predicted octanol–water partition coefficient (Wildman–Crippen LogP) is 1.14. The molecule has 0 fully saturated rings. The number of hydrogen-bond acceptors (Lipinski definition) is 4. The first-order valence-electron chi connectivity index (χ1n) is 8.11. The maximum atomic E-state index is 12.8. The fraction of sp³-hybridized carbons (Fsp3) is 0.222. The molecule has 0 radical (unpaired) electrons. The summed E-state index contributed by atoms with van der Waals surface area (Å²) in [4.78, 5) is 30.5. The molecular weight excluding hydrogens is 320 g/mol. The van der Waals surface area contributed by atoms with Gasteiger partial charge in [-0.1, -0.05) is 24.3 Å². The number of H-pyrrole nitrogens is 2. The van der Waals surface area contributed by atoms with Crippen molar-refractivity contribution >= 4 is 10.9 Å². The highest BCUT2D eigenvalue weighted by Gasteiger charge is 2.30. The number of allylic oxidation sites excluding steroid dienone is 1. The average Bonchev–Trinajstić information content (AvgIpc) is 2.98. The minimum absolute atomic E-state index is 0.0771. The molecule has 1 unspecified atom stereocenters. The molecule has 1 aliphatic rings. The minimum Gasteiger partial charge on any atom is -0.494 e. The smallest absolute Gasteiger partial charge is 0.331 e. The van der Waals surface area contributed by atoms with Crippen LogP contribution in [0.2, 0.25) is 0 Å². The van der Waals surface area contributed by atoms with Gasteiger partial charge in [0, 0.05) is 29.7 Å². The number of fused-ring (bicyclic) bond motifs is 3. The van der Waals surface area contributed by atoms with E-state index < -0.39 is 23.2 Å². The fourth-order valence-electron chi connectivity index (χ4n) is 3.56. The van der Waals surface area contributed by atoms with Crippen molar-refractivity contribution in [2.75, 3.05) is 6.54 Å². The van der Waals surface area contributed by atoms with Crippen molar-refractivity contribution in [3.63, 3.8) is 0 Å². The van der Waals surface area contributed by atoms with Crippen molar-refractivity contribution in [1.82, 2.24) is 19.9 Å². The maximum absolute atomic E-state index is 12.8. The quantitative estimate of drug-likeness (QED) is 0.538. The van der Waals surface area contributed by atoms with E-state index in [4.69, 9.17) is 0 Å². The lowest BCUT2D eigenvalue weighted by Crippen LogP contribution is -2.41. The first-order chi connectivity index (χ1) is 12.1. The second-order valence-corrected chi connectivity index (χ2v) is 6.10. The topological polar surface area (TPSA) is 103 Å². The zero-order valence-corrected chi connectivity index (χ0v) is 13.5. The number of rotatable bonds is 3. The van der Waals surface area contributed by atoms with E-state index in [-0.39, 0.29) is 12.1 Å². The fourth-order valence-corrected chi connectivity index (χ4v) is 3.56. The van der Waals surface area contributed by atoms with E-state index in [0.29, 0.717) is 6.54 Å². The molecule has 4 rings (SSSR count). The lowest BCUT2D eigenvalue weighted by atomic mass is 9.95. The average molecular weight is 338 g/mol. The molecule has 25 heavy (non-hydrogen) atoms. The summed E-state index contributed by atoms with van der Waals surface area (Å²) < 4.78 is 1.03. The molecule has 128 valence electrons. The van der Waals surface area contributed by atoms with E-state index in [9.17, 15) is 14.7 Å². The number of benzene rings is 1. The Kier molecular flexibility index (Phi) is 3.58. The van der Waals surface area contributed by atoms with Crippen LogP contribution in [0.5, 0.6) is 5.88 Å². The molecule has 0 bridgehead atoms. The number of aromatic amines is 2. The van der Waals surface area contributed by atoms with Gasteiger partial charge in [-0.05, 0) is 18.1 Å². The molecule has 3 aromatic rings. The highest BCUT2D eigenvalue weighted by molar-refractivity contribution is 5.85. The molecule has 4 N–H and O–H groups in total. The van der Waals surface area contributed by atoms with Crippen molar-refractivity contribution in [2.24, 2.45) is 0 Å². The van der Waals surface area contributed by atoms with E-state index in [1.54, 1.807) is 0 Å². The van der Waals surface area contributed by atoms with Gasteiger partial charge >= 0.3 is 5.69 Å². The highest BCUT2D eigenvalue weighted by atomic mass is 16.3. The molecule has 7 nitrogen and oxygen atoms in total. The van der Waals surface area contributed by atoms with Gasteiger partial charge in [-0.25, -0.2) is 4.79 Å². The summed E-state index contributed by atoms with van der Waals surface area (Å²) in [6.45, 7) is 4.31. The summed E-state index contributed by atoms with van der Waals surface area (Å²) in [7, 11) is 0. The Morgan fingerprint density at radius 2 is 2.08 bits per heavy atom. The molecule has 0 amide bonds. The van der Waals surface area contributed by atoms with Gasteiger partial charge in [0.2, 0.25) is 5.88 Å². The molecule has 7 heteroatoms. The summed E-state index contributed by atoms with van der Waals surface area (Å²) in [6, 6.07) is 7.42. The largest absolute Gasteiger partial charge is 0.494 e. The second-order valence-electron chi connectivity index (χ2n) is 6.10. The molecular formula is C18H18N4O3. The molecule has 0 spiro atoms. The third-order valence-corrected chi connectivity index (χ3v) is 4.66. The van der Waals surface area contributed by atoms with Crippen LogP contribution in [0.15, 0.2) is 46.5 Å². The van der Waals surface area contributed by atoms with Crippen LogP contribution >= 0.6 is 0 Å². The number of nitrogens with zero attached hydrogens (tertiary/aromatic N) is 1. The van der Waals surface area contributed by atoms with Crippen LogP contribution in [-0.4, -0.2) is 26.2 Å². The lowest BCUT2D eigenvalue weighted by Gasteiger charge is -2.25. The van der Waals surface area contributed by atoms with Crippen LogP contribution in [-0.2, 0) is 13.0 Å². The first kappa shape index (κ1) is 15.5. The Bertz CT molecular complexity index is 1090. The van der Waals surface area contributed by atoms with Crippen LogP contribution in [0, 0.1) is 0 Å². The molecule has 1 atom stereocenters. The molecule has 0 saturated carbocycles. The summed E-state index contributed by atoms with van der Waals surface area (Å²) in [5.74, 6) is -0.403. The maximum Gasteiger partial charge on any atom is 0.331 e. The van der Waals surface area contributed by atoms with Gasteiger partial charge in [0.05, 0.1) is 6.04 Å². The monoisotopic (exact) mass is 338 g/mol. The van der Waals surface area contributed by atoms with Crippen LogP contribution in [0.3, 0.4) is 0 Å². The molecule has 2 aromatic heterocycles. The number of aromatic hydroxyl groups is 1. The summed E-state index contributed by atoms with van der Waals surface area (Å²) in [5, 5.41) is 14.6. The van der Waals surface area contributed by atoms with Gasteiger partial charge in [-0.3, -0.25) is 14.3 Å². The van der Waals surface area contributed by atoms with Crippen molar-refractivity contribution in [3.05, 3.63) is 74.6 Å². The van der Waals surface area contributed by atoms with Crippen molar-refractivity contribution in [2.45, 2.75) is 19.0 Å². The predicted molar refractivity (Wildman–Crippen MR) is 95.0 cm³/mol. The number of hydrogen-bond donors (Lipinski definition) is 4. The Labute approximate surface area is 142 Å². The van der Waals surface area contributed by atoms with Crippen molar-refractivity contribution < 1.29 is 5.11 Å². The van der Waals surface area contributed by atoms with E-state index >= 15 is 0 Å². The second kappa shape index (κ2) is 5.78. The number of para-hydroxylation sites is 1. The lowest BCUT2D eigenvalue weighted by molar-refractivity contribution is 0.419. The summed E-state index contributed by atoms with van der Waals surface area (Å²) in [5.41, 5.74) is 1.91. The van der Waals surface area contributed by atoms with E-state index in [2.05, 4.69) is 21.9 Å². The molecule has 3 heterocycles. The van der Waals surface area contributed by atoms with Crippen LogP contribution < -0.4 is 16.6 Å². The Balaban J connectivity index is 1.96. The Morgan fingerprint density at radius 3 is 2.88 bits per heavy atom. The summed E-state index contributed by atoms with van der Waals surface area (Å²) >= 11 is 0. The van der Waals surface area contributed by atoms with Crippen molar-refractivity contribution in [3.8, 4) is 5.88 Å². The normalized spacial score (nSPS) is 16.7. The van der Waals surface area contributed by atoms with E-state index in [0.717, 1.165) is 33.1 Å². The number of nitrogens with one attached hydrogen (secondary N) is 3. The zero-order valence-electron chi connectivity index (χ0n) is 13.5. The Morgan fingerprint density at radius 1 is 1.28 bits per heavy atom. The number of aromatic nitrogens is 3.